The van der Waals surface area contributed by atoms with Gasteiger partial charge in [0.1, 0.15) is 17.9 Å². The van der Waals surface area contributed by atoms with Gasteiger partial charge in [-0.2, -0.15) is 0 Å². The molecule has 0 atom stereocenters. The topological polar surface area (TPSA) is 78.9 Å². The Kier molecular flexibility index (Phi) is 4.26. The minimum Gasteiger partial charge on any atom is -0.490 e. The molecule has 1 aromatic rings. The molecule has 0 aliphatic carbocycles. The molecule has 0 spiro atoms. The van der Waals surface area contributed by atoms with E-state index in [9.17, 15) is 9.59 Å². The van der Waals surface area contributed by atoms with Gasteiger partial charge in [0, 0.05) is 13.1 Å². The Bertz CT molecular complexity index is 507. The van der Waals surface area contributed by atoms with E-state index in [4.69, 9.17) is 9.84 Å². The molecule has 0 bridgehead atoms. The quantitative estimate of drug-likeness (QED) is 0.859. The van der Waals surface area contributed by atoms with E-state index in [-0.39, 0.29) is 24.0 Å². The smallest absolute Gasteiger partial charge is 0.339 e. The molecule has 0 aromatic heterocycles. The number of carbonyl (C=O) groups is 2. The molecular weight excluding hydrogens is 316 g/mol. The number of aromatic carboxylic acids is 1. The first kappa shape index (κ1) is 13.7. The Labute approximate surface area is 118 Å². The van der Waals surface area contributed by atoms with Crippen LogP contribution in [-0.4, -0.2) is 48.2 Å². The van der Waals surface area contributed by atoms with Crippen LogP contribution < -0.4 is 10.1 Å². The van der Waals surface area contributed by atoms with Gasteiger partial charge in [-0.3, -0.25) is 0 Å². The number of carboxylic acids is 1. The van der Waals surface area contributed by atoms with Crippen molar-refractivity contribution in [1.29, 1.82) is 0 Å². The van der Waals surface area contributed by atoms with Crippen molar-refractivity contribution in [3.63, 3.8) is 0 Å². The van der Waals surface area contributed by atoms with Gasteiger partial charge >= 0.3 is 12.0 Å². The van der Waals surface area contributed by atoms with Gasteiger partial charge in [0.25, 0.3) is 0 Å². The Morgan fingerprint density at radius 3 is 2.95 bits per heavy atom. The summed E-state index contributed by atoms with van der Waals surface area (Å²) in [5, 5.41) is 11.8. The average molecular weight is 329 g/mol. The highest BCUT2D eigenvalue weighted by Gasteiger charge is 2.20. The van der Waals surface area contributed by atoms with Gasteiger partial charge in [-0.1, -0.05) is 6.07 Å². The Hall–Kier alpha value is -1.76. The van der Waals surface area contributed by atoms with E-state index in [1.165, 1.54) is 6.07 Å². The molecule has 6 nitrogen and oxygen atoms in total. The zero-order chi connectivity index (χ0) is 13.8. The van der Waals surface area contributed by atoms with Crippen molar-refractivity contribution in [2.45, 2.75) is 0 Å². The fourth-order valence-corrected chi connectivity index (χ4v) is 2.29. The lowest BCUT2D eigenvalue weighted by Gasteiger charge is -2.16. The SMILES string of the molecule is O=C(O)c1cccc(Br)c1OCCN1CCNC1=O. The zero-order valence-corrected chi connectivity index (χ0v) is 11.6. The summed E-state index contributed by atoms with van der Waals surface area (Å²) in [5.74, 6) is -0.759. The minimum absolute atomic E-state index is 0.0975. The van der Waals surface area contributed by atoms with Gasteiger partial charge in [-0.15, -0.1) is 0 Å². The van der Waals surface area contributed by atoms with Crippen LogP contribution in [0.2, 0.25) is 0 Å². The number of carboxylic acid groups (broad SMARTS) is 1. The zero-order valence-electron chi connectivity index (χ0n) is 10.1. The molecule has 1 aliphatic rings. The van der Waals surface area contributed by atoms with Crippen LogP contribution in [0.3, 0.4) is 0 Å². The summed E-state index contributed by atoms with van der Waals surface area (Å²) in [7, 11) is 0. The summed E-state index contributed by atoms with van der Waals surface area (Å²) in [6, 6.07) is 4.71. The van der Waals surface area contributed by atoms with E-state index < -0.39 is 5.97 Å². The summed E-state index contributed by atoms with van der Waals surface area (Å²) in [6.07, 6.45) is 0. The van der Waals surface area contributed by atoms with E-state index in [0.717, 1.165) is 0 Å². The first-order valence-corrected chi connectivity index (χ1v) is 6.56. The standard InChI is InChI=1S/C12H13BrN2O4/c13-9-3-1-2-8(11(16)17)10(9)19-7-6-15-5-4-14-12(15)18/h1-3H,4-7H2,(H,14,18)(H,16,17). The lowest BCUT2D eigenvalue weighted by atomic mass is 10.2. The molecule has 1 saturated heterocycles. The van der Waals surface area contributed by atoms with Crippen molar-refractivity contribution < 1.29 is 19.4 Å². The van der Waals surface area contributed by atoms with Gasteiger partial charge in [-0.25, -0.2) is 9.59 Å². The van der Waals surface area contributed by atoms with Crippen LogP contribution in [0.25, 0.3) is 0 Å². The second kappa shape index (κ2) is 5.92. The van der Waals surface area contributed by atoms with E-state index in [0.29, 0.717) is 24.1 Å². The van der Waals surface area contributed by atoms with Crippen molar-refractivity contribution >= 4 is 27.9 Å². The molecule has 2 amide bonds. The highest BCUT2D eigenvalue weighted by atomic mass is 79.9. The Morgan fingerprint density at radius 2 is 2.32 bits per heavy atom. The fraction of sp³-hybridized carbons (Fsp3) is 0.333. The number of benzene rings is 1. The van der Waals surface area contributed by atoms with Crippen molar-refractivity contribution in [2.75, 3.05) is 26.2 Å². The van der Waals surface area contributed by atoms with Gasteiger partial charge in [-0.05, 0) is 28.1 Å². The maximum atomic E-state index is 11.3. The average Bonchev–Trinajstić information content (AvgIpc) is 2.77. The monoisotopic (exact) mass is 328 g/mol. The lowest BCUT2D eigenvalue weighted by molar-refractivity contribution is 0.0691. The van der Waals surface area contributed by atoms with Gasteiger partial charge in [0.15, 0.2) is 0 Å². The molecule has 1 heterocycles. The van der Waals surface area contributed by atoms with Crippen LogP contribution in [0.4, 0.5) is 4.79 Å². The second-order valence-corrected chi connectivity index (χ2v) is 4.84. The first-order chi connectivity index (χ1) is 9.09. The summed E-state index contributed by atoms with van der Waals surface area (Å²) in [5.41, 5.74) is 0.0975. The largest absolute Gasteiger partial charge is 0.490 e. The van der Waals surface area contributed by atoms with E-state index in [1.54, 1.807) is 17.0 Å². The third-order valence-electron chi connectivity index (χ3n) is 2.75. The predicted molar refractivity (Wildman–Crippen MR) is 71.6 cm³/mol. The van der Waals surface area contributed by atoms with Gasteiger partial charge in [0.05, 0.1) is 11.0 Å². The molecule has 1 aromatic carbocycles. The molecule has 7 heteroatoms. The molecule has 0 saturated carbocycles. The van der Waals surface area contributed by atoms with Crippen LogP contribution in [0.15, 0.2) is 22.7 Å². The number of hydrogen-bond donors (Lipinski definition) is 2. The van der Waals surface area contributed by atoms with Crippen LogP contribution in [0.1, 0.15) is 10.4 Å². The number of para-hydroxylation sites is 1. The van der Waals surface area contributed by atoms with Crippen LogP contribution in [-0.2, 0) is 0 Å². The predicted octanol–water partition coefficient (Wildman–Crippen LogP) is 1.55. The Morgan fingerprint density at radius 1 is 1.53 bits per heavy atom. The molecule has 0 unspecified atom stereocenters. The van der Waals surface area contributed by atoms with Gasteiger partial charge < -0.3 is 20.1 Å². The molecule has 19 heavy (non-hydrogen) atoms. The van der Waals surface area contributed by atoms with E-state index in [2.05, 4.69) is 21.2 Å². The molecular formula is C12H13BrN2O4. The maximum Gasteiger partial charge on any atom is 0.339 e. The van der Waals surface area contributed by atoms with Crippen molar-refractivity contribution in [3.05, 3.63) is 28.2 Å². The number of carbonyl (C=O) groups excluding carboxylic acids is 1. The van der Waals surface area contributed by atoms with Crippen LogP contribution >= 0.6 is 15.9 Å². The highest BCUT2D eigenvalue weighted by molar-refractivity contribution is 9.10. The van der Waals surface area contributed by atoms with E-state index >= 15 is 0 Å². The first-order valence-electron chi connectivity index (χ1n) is 5.77. The number of nitrogens with one attached hydrogen (secondary N) is 1. The second-order valence-electron chi connectivity index (χ2n) is 3.99. The number of urea groups is 1. The summed E-state index contributed by atoms with van der Waals surface area (Å²) in [4.78, 5) is 24.0. The Balaban J connectivity index is 1.99. The normalized spacial score (nSPS) is 14.4. The number of amides is 2. The number of nitrogens with zero attached hydrogens (tertiary/aromatic N) is 1. The number of hydrogen-bond acceptors (Lipinski definition) is 3. The van der Waals surface area contributed by atoms with Crippen molar-refractivity contribution in [3.8, 4) is 5.75 Å². The number of halogens is 1. The lowest BCUT2D eigenvalue weighted by Crippen LogP contribution is -2.32. The van der Waals surface area contributed by atoms with Crippen LogP contribution in [0.5, 0.6) is 5.75 Å². The summed E-state index contributed by atoms with van der Waals surface area (Å²) < 4.78 is 6.07. The summed E-state index contributed by atoms with van der Waals surface area (Å²) >= 11 is 3.26. The molecule has 1 aliphatic heterocycles. The maximum absolute atomic E-state index is 11.3. The molecule has 2 N–H and O–H groups in total. The van der Waals surface area contributed by atoms with Gasteiger partial charge in [0.2, 0.25) is 0 Å². The molecule has 1 fully saturated rings. The fourth-order valence-electron chi connectivity index (χ4n) is 1.81. The summed E-state index contributed by atoms with van der Waals surface area (Å²) in [6.45, 7) is 1.95. The third-order valence-corrected chi connectivity index (χ3v) is 3.37. The van der Waals surface area contributed by atoms with Crippen molar-refractivity contribution in [1.82, 2.24) is 10.2 Å². The molecule has 0 radical (unpaired) electrons. The molecule has 2 rings (SSSR count). The number of ether oxygens (including phenoxy) is 1. The molecule has 102 valence electrons. The third kappa shape index (κ3) is 3.17. The van der Waals surface area contributed by atoms with Crippen LogP contribution in [0, 0.1) is 0 Å². The van der Waals surface area contributed by atoms with Crippen molar-refractivity contribution in [2.24, 2.45) is 0 Å². The minimum atomic E-state index is -1.05. The number of rotatable bonds is 5. The van der Waals surface area contributed by atoms with E-state index in [1.807, 2.05) is 0 Å². The highest BCUT2D eigenvalue weighted by Crippen LogP contribution is 2.29.